The van der Waals surface area contributed by atoms with Crippen molar-refractivity contribution >= 4 is 49.6 Å². The Morgan fingerprint density at radius 1 is 0.583 bits per heavy atom. The van der Waals surface area contributed by atoms with Crippen molar-refractivity contribution in [3.05, 3.63) is 0 Å². The molecule has 0 radical (unpaired) electrons. The van der Waals surface area contributed by atoms with Gasteiger partial charge in [-0.25, -0.2) is 0 Å². The van der Waals surface area contributed by atoms with E-state index in [0.29, 0.717) is 12.1 Å². The topological polar surface area (TPSA) is 52.0 Å². The van der Waals surface area contributed by atoms with Gasteiger partial charge in [-0.3, -0.25) is 0 Å². The molecule has 1 aliphatic rings. The van der Waals surface area contributed by atoms with Crippen molar-refractivity contribution in [2.45, 2.75) is 37.8 Å². The second-order valence-electron chi connectivity index (χ2n) is 2.67. The molecular formula is C6H18Cl4N2. The third kappa shape index (κ3) is 9.17. The molecule has 4 N–H and O–H groups in total. The van der Waals surface area contributed by atoms with Crippen LogP contribution in [-0.2, 0) is 0 Å². The van der Waals surface area contributed by atoms with E-state index in [1.54, 1.807) is 0 Å². The largest absolute Gasteiger partial charge is 0.328 e. The van der Waals surface area contributed by atoms with Gasteiger partial charge in [0.2, 0.25) is 0 Å². The van der Waals surface area contributed by atoms with Gasteiger partial charge in [0.1, 0.15) is 0 Å². The van der Waals surface area contributed by atoms with Crippen LogP contribution in [-0.4, -0.2) is 12.1 Å². The zero-order chi connectivity index (χ0) is 5.98. The van der Waals surface area contributed by atoms with Crippen molar-refractivity contribution in [1.29, 1.82) is 0 Å². The first kappa shape index (κ1) is 23.2. The maximum atomic E-state index is 5.64. The van der Waals surface area contributed by atoms with Gasteiger partial charge in [0.15, 0.2) is 0 Å². The number of rotatable bonds is 0. The molecule has 0 spiro atoms. The highest BCUT2D eigenvalue weighted by atomic mass is 35.5. The molecule has 0 unspecified atom stereocenters. The summed E-state index contributed by atoms with van der Waals surface area (Å²) in [7, 11) is 0. The summed E-state index contributed by atoms with van der Waals surface area (Å²) in [5.74, 6) is 0. The van der Waals surface area contributed by atoms with E-state index in [1.165, 1.54) is 0 Å². The lowest BCUT2D eigenvalue weighted by atomic mass is 9.93. The molecule has 0 amide bonds. The fraction of sp³-hybridized carbons (Fsp3) is 1.00. The number of nitrogens with two attached hydrogens (primary N) is 2. The lowest BCUT2D eigenvalue weighted by Crippen LogP contribution is -2.33. The molecule has 6 heteroatoms. The lowest BCUT2D eigenvalue weighted by molar-refractivity contribution is 0.395. The first-order valence-electron chi connectivity index (χ1n) is 3.30. The van der Waals surface area contributed by atoms with Crippen LogP contribution < -0.4 is 11.5 Å². The summed E-state index contributed by atoms with van der Waals surface area (Å²) in [4.78, 5) is 0. The van der Waals surface area contributed by atoms with Crippen LogP contribution in [0.2, 0.25) is 0 Å². The molecule has 0 aliphatic heterocycles. The van der Waals surface area contributed by atoms with Crippen molar-refractivity contribution in [2.24, 2.45) is 11.5 Å². The molecule has 80 valence electrons. The zero-order valence-corrected chi connectivity index (χ0v) is 10.0. The Kier molecular flexibility index (Phi) is 23.3. The van der Waals surface area contributed by atoms with Gasteiger partial charge < -0.3 is 11.5 Å². The fourth-order valence-corrected chi connectivity index (χ4v) is 1.14. The van der Waals surface area contributed by atoms with Gasteiger partial charge in [-0.2, -0.15) is 0 Å². The highest BCUT2D eigenvalue weighted by Crippen LogP contribution is 2.14. The van der Waals surface area contributed by atoms with E-state index in [0.717, 1.165) is 25.7 Å². The minimum atomic E-state index is 0. The molecular weight excluding hydrogens is 242 g/mol. The van der Waals surface area contributed by atoms with Gasteiger partial charge in [0.05, 0.1) is 0 Å². The molecule has 0 aromatic rings. The molecule has 1 fully saturated rings. The minimum Gasteiger partial charge on any atom is -0.328 e. The van der Waals surface area contributed by atoms with E-state index in [9.17, 15) is 0 Å². The van der Waals surface area contributed by atoms with Crippen LogP contribution in [0.3, 0.4) is 0 Å². The van der Waals surface area contributed by atoms with Crippen LogP contribution >= 0.6 is 49.6 Å². The van der Waals surface area contributed by atoms with E-state index < -0.39 is 0 Å². The average Bonchev–Trinajstić information content (AvgIpc) is 1.77. The molecule has 1 saturated carbocycles. The van der Waals surface area contributed by atoms with Gasteiger partial charge >= 0.3 is 0 Å². The number of hydrogen-bond acceptors (Lipinski definition) is 2. The molecule has 0 saturated heterocycles. The van der Waals surface area contributed by atoms with Crippen molar-refractivity contribution in [1.82, 2.24) is 0 Å². The Bertz CT molecular complexity index is 65.9. The van der Waals surface area contributed by atoms with Crippen LogP contribution in [0.25, 0.3) is 0 Å². The Morgan fingerprint density at radius 3 is 0.917 bits per heavy atom. The number of hydrogen-bond donors (Lipinski definition) is 2. The molecule has 0 heterocycles. The maximum Gasteiger partial charge on any atom is 0.00399 e. The molecule has 1 rings (SSSR count). The van der Waals surface area contributed by atoms with E-state index in [1.807, 2.05) is 0 Å². The highest BCUT2D eigenvalue weighted by molar-refractivity contribution is 5.86. The Hall–Kier alpha value is 1.08. The van der Waals surface area contributed by atoms with Gasteiger partial charge in [-0.15, -0.1) is 49.6 Å². The molecule has 0 atom stereocenters. The summed E-state index contributed by atoms with van der Waals surface area (Å²) in [6.07, 6.45) is 4.50. The van der Waals surface area contributed by atoms with Crippen LogP contribution in [0.15, 0.2) is 0 Å². The summed E-state index contributed by atoms with van der Waals surface area (Å²) < 4.78 is 0. The lowest BCUT2D eigenvalue weighted by Gasteiger charge is -2.22. The van der Waals surface area contributed by atoms with E-state index in [4.69, 9.17) is 11.5 Å². The third-order valence-electron chi connectivity index (χ3n) is 1.82. The van der Waals surface area contributed by atoms with E-state index >= 15 is 0 Å². The fourth-order valence-electron chi connectivity index (χ4n) is 1.14. The standard InChI is InChI=1S/C6H14N2.4ClH/c7-5-1-2-6(8)4-3-5;;;;/h5-6H,1-4,7-8H2;4*1H. The Morgan fingerprint density at radius 2 is 0.750 bits per heavy atom. The highest BCUT2D eigenvalue weighted by Gasteiger charge is 2.13. The predicted octanol–water partition coefficient (Wildman–Crippen LogP) is 1.90. The summed E-state index contributed by atoms with van der Waals surface area (Å²) in [6.45, 7) is 0. The van der Waals surface area contributed by atoms with Crippen LogP contribution in [0, 0.1) is 0 Å². The molecule has 0 bridgehead atoms. The SMILES string of the molecule is Cl.Cl.Cl.Cl.NC1CCC(N)CC1. The van der Waals surface area contributed by atoms with Crippen molar-refractivity contribution in [3.8, 4) is 0 Å². The molecule has 0 aromatic heterocycles. The number of halogens is 4. The van der Waals surface area contributed by atoms with Gasteiger partial charge in [-0.1, -0.05) is 0 Å². The van der Waals surface area contributed by atoms with E-state index in [-0.39, 0.29) is 49.6 Å². The average molecular weight is 260 g/mol. The van der Waals surface area contributed by atoms with Crippen LogP contribution in [0.4, 0.5) is 0 Å². The van der Waals surface area contributed by atoms with Gasteiger partial charge in [0.25, 0.3) is 0 Å². The second kappa shape index (κ2) is 12.1. The van der Waals surface area contributed by atoms with Crippen LogP contribution in [0.1, 0.15) is 25.7 Å². The summed E-state index contributed by atoms with van der Waals surface area (Å²) in [6, 6.07) is 0.879. The quantitative estimate of drug-likeness (QED) is 0.698. The van der Waals surface area contributed by atoms with Crippen molar-refractivity contribution in [3.63, 3.8) is 0 Å². The molecule has 12 heavy (non-hydrogen) atoms. The summed E-state index contributed by atoms with van der Waals surface area (Å²) in [5, 5.41) is 0. The first-order valence-corrected chi connectivity index (χ1v) is 3.30. The van der Waals surface area contributed by atoms with E-state index in [2.05, 4.69) is 0 Å². The molecule has 2 nitrogen and oxygen atoms in total. The monoisotopic (exact) mass is 258 g/mol. The van der Waals surface area contributed by atoms with Gasteiger partial charge in [0, 0.05) is 12.1 Å². The Balaban J connectivity index is -0.0000000800. The molecule has 1 aliphatic carbocycles. The van der Waals surface area contributed by atoms with Gasteiger partial charge in [-0.05, 0) is 25.7 Å². The normalized spacial score (nSPS) is 26.5. The molecule has 0 aromatic carbocycles. The summed E-state index contributed by atoms with van der Waals surface area (Å²) >= 11 is 0. The first-order chi connectivity index (χ1) is 3.79. The van der Waals surface area contributed by atoms with Crippen LogP contribution in [0.5, 0.6) is 0 Å². The summed E-state index contributed by atoms with van der Waals surface area (Å²) in [5.41, 5.74) is 11.3. The minimum absolute atomic E-state index is 0. The van der Waals surface area contributed by atoms with Crippen molar-refractivity contribution < 1.29 is 0 Å². The van der Waals surface area contributed by atoms with Crippen molar-refractivity contribution in [2.75, 3.05) is 0 Å². The smallest absolute Gasteiger partial charge is 0.00399 e. The maximum absolute atomic E-state index is 5.64. The predicted molar refractivity (Wildman–Crippen MR) is 63.4 cm³/mol. The zero-order valence-electron chi connectivity index (χ0n) is 6.77. The third-order valence-corrected chi connectivity index (χ3v) is 1.82. The Labute approximate surface area is 98.9 Å². The second-order valence-corrected chi connectivity index (χ2v) is 2.67.